The molecule has 5 nitrogen and oxygen atoms in total. The molecule has 0 aliphatic heterocycles. The first-order valence-corrected chi connectivity index (χ1v) is 9.35. The lowest BCUT2D eigenvalue weighted by molar-refractivity contribution is 0.302. The van der Waals surface area contributed by atoms with Crippen molar-refractivity contribution < 1.29 is 4.74 Å². The predicted octanol–water partition coefficient (Wildman–Crippen LogP) is 4.93. The van der Waals surface area contributed by atoms with E-state index in [-0.39, 0.29) is 0 Å². The van der Waals surface area contributed by atoms with Gasteiger partial charge in [0.1, 0.15) is 12.4 Å². The molecule has 1 aromatic heterocycles. The Morgan fingerprint density at radius 3 is 2.64 bits per heavy atom. The van der Waals surface area contributed by atoms with E-state index < -0.39 is 0 Å². The summed E-state index contributed by atoms with van der Waals surface area (Å²) < 4.78 is 7.81. The molecule has 0 N–H and O–H groups in total. The Morgan fingerprint density at radius 2 is 1.82 bits per heavy atom. The lowest BCUT2D eigenvalue weighted by Gasteiger charge is -2.13. The monoisotopic (exact) mass is 390 g/mol. The number of tetrazole rings is 1. The fourth-order valence-electron chi connectivity index (χ4n) is 3.01. The molecule has 0 radical (unpaired) electrons. The molecule has 0 amide bonds. The number of halogens is 1. The summed E-state index contributed by atoms with van der Waals surface area (Å²) in [5.74, 6) is 1.47. The van der Waals surface area contributed by atoms with Crippen molar-refractivity contribution in [1.29, 1.82) is 0 Å². The molecule has 0 aliphatic rings. The Kier molecular flexibility index (Phi) is 5.35. The van der Waals surface area contributed by atoms with Crippen LogP contribution in [0.15, 0.2) is 72.8 Å². The van der Waals surface area contributed by atoms with Gasteiger partial charge in [-0.15, -0.1) is 5.10 Å². The summed E-state index contributed by atoms with van der Waals surface area (Å²) in [4.78, 5) is 0. The molecule has 0 spiro atoms. The van der Waals surface area contributed by atoms with Crippen molar-refractivity contribution in [1.82, 2.24) is 20.2 Å². The van der Waals surface area contributed by atoms with Gasteiger partial charge in [0.15, 0.2) is 5.82 Å². The van der Waals surface area contributed by atoms with Gasteiger partial charge >= 0.3 is 0 Å². The second-order valence-corrected chi connectivity index (χ2v) is 6.99. The molecule has 140 valence electrons. The quantitative estimate of drug-likeness (QED) is 0.468. The third-order valence-corrected chi connectivity index (χ3v) is 4.62. The Hall–Kier alpha value is -3.18. The second-order valence-electron chi connectivity index (χ2n) is 6.56. The summed E-state index contributed by atoms with van der Waals surface area (Å²) in [7, 11) is 0. The summed E-state index contributed by atoms with van der Waals surface area (Å²) in [6, 6.07) is 23.8. The average Bonchev–Trinajstić information content (AvgIpc) is 3.16. The zero-order valence-corrected chi connectivity index (χ0v) is 16.2. The molecule has 4 aromatic rings. The molecule has 0 saturated heterocycles. The van der Waals surface area contributed by atoms with Crippen molar-refractivity contribution in [2.45, 2.75) is 20.1 Å². The average molecular weight is 391 g/mol. The van der Waals surface area contributed by atoms with Crippen LogP contribution in [0.5, 0.6) is 5.75 Å². The Bertz CT molecular complexity index is 1080. The van der Waals surface area contributed by atoms with Crippen molar-refractivity contribution >= 4 is 11.6 Å². The molecule has 0 saturated carbocycles. The molecule has 0 atom stereocenters. The summed E-state index contributed by atoms with van der Waals surface area (Å²) >= 11 is 6.24. The summed E-state index contributed by atoms with van der Waals surface area (Å²) in [6.07, 6.45) is 0. The van der Waals surface area contributed by atoms with Crippen LogP contribution in [0.4, 0.5) is 0 Å². The minimum Gasteiger partial charge on any atom is -0.489 e. The Labute approximate surface area is 168 Å². The summed E-state index contributed by atoms with van der Waals surface area (Å²) in [6.45, 7) is 2.99. The fraction of sp³-hybridized carbons (Fsp3) is 0.136. The van der Waals surface area contributed by atoms with Gasteiger partial charge in [0.05, 0.1) is 6.54 Å². The number of nitrogens with zero attached hydrogens (tertiary/aromatic N) is 4. The molecule has 28 heavy (non-hydrogen) atoms. The molecular weight excluding hydrogens is 372 g/mol. The molecule has 1 heterocycles. The van der Waals surface area contributed by atoms with Crippen LogP contribution in [0.1, 0.15) is 16.7 Å². The number of aromatic nitrogens is 4. The summed E-state index contributed by atoms with van der Waals surface area (Å²) in [5, 5.41) is 12.9. The van der Waals surface area contributed by atoms with E-state index in [2.05, 4.69) is 21.6 Å². The van der Waals surface area contributed by atoms with Gasteiger partial charge in [0, 0.05) is 16.1 Å². The number of ether oxygens (including phenoxy) is 1. The van der Waals surface area contributed by atoms with Gasteiger partial charge in [0.25, 0.3) is 0 Å². The molecule has 0 fully saturated rings. The maximum Gasteiger partial charge on any atom is 0.182 e. The molecule has 0 aliphatic carbocycles. The topological polar surface area (TPSA) is 52.8 Å². The maximum absolute atomic E-state index is 6.24. The SMILES string of the molecule is Cc1cccc(-c2nnnn2Cc2cc(Cl)ccc2OCc2ccccc2)c1. The third kappa shape index (κ3) is 4.21. The van der Waals surface area contributed by atoms with Crippen LogP contribution >= 0.6 is 11.6 Å². The third-order valence-electron chi connectivity index (χ3n) is 4.39. The van der Waals surface area contributed by atoms with Gasteiger partial charge in [-0.05, 0) is 47.2 Å². The fourth-order valence-corrected chi connectivity index (χ4v) is 3.21. The van der Waals surface area contributed by atoms with Crippen LogP contribution in [0, 0.1) is 6.92 Å². The molecule has 3 aromatic carbocycles. The van der Waals surface area contributed by atoms with Crippen LogP contribution in [0.3, 0.4) is 0 Å². The smallest absolute Gasteiger partial charge is 0.182 e. The highest BCUT2D eigenvalue weighted by Crippen LogP contribution is 2.26. The first kappa shape index (κ1) is 18.2. The predicted molar refractivity (Wildman–Crippen MR) is 109 cm³/mol. The van der Waals surface area contributed by atoms with Gasteiger partial charge in [-0.3, -0.25) is 0 Å². The lowest BCUT2D eigenvalue weighted by Crippen LogP contribution is -2.07. The van der Waals surface area contributed by atoms with E-state index in [0.717, 1.165) is 28.0 Å². The Morgan fingerprint density at radius 1 is 0.964 bits per heavy atom. The first-order chi connectivity index (χ1) is 13.7. The number of benzene rings is 3. The number of hydrogen-bond acceptors (Lipinski definition) is 4. The van der Waals surface area contributed by atoms with E-state index >= 15 is 0 Å². The second kappa shape index (κ2) is 8.23. The van der Waals surface area contributed by atoms with E-state index in [1.165, 1.54) is 0 Å². The maximum atomic E-state index is 6.24. The van der Waals surface area contributed by atoms with Crippen molar-refractivity contribution in [2.75, 3.05) is 0 Å². The van der Waals surface area contributed by atoms with Crippen molar-refractivity contribution in [3.05, 3.63) is 94.5 Å². The minimum absolute atomic E-state index is 0.459. The number of aryl methyl sites for hydroxylation is 1. The largest absolute Gasteiger partial charge is 0.489 e. The van der Waals surface area contributed by atoms with E-state index in [4.69, 9.17) is 16.3 Å². The number of rotatable bonds is 6. The van der Waals surface area contributed by atoms with Crippen LogP contribution < -0.4 is 4.74 Å². The zero-order chi connectivity index (χ0) is 19.3. The highest BCUT2D eigenvalue weighted by atomic mass is 35.5. The highest BCUT2D eigenvalue weighted by Gasteiger charge is 2.13. The lowest BCUT2D eigenvalue weighted by atomic mass is 10.1. The van der Waals surface area contributed by atoms with E-state index in [0.29, 0.717) is 24.0 Å². The van der Waals surface area contributed by atoms with Gasteiger partial charge in [-0.1, -0.05) is 65.7 Å². The van der Waals surface area contributed by atoms with Gasteiger partial charge in [-0.2, -0.15) is 0 Å². The minimum atomic E-state index is 0.459. The van der Waals surface area contributed by atoms with Crippen LogP contribution in [-0.4, -0.2) is 20.2 Å². The van der Waals surface area contributed by atoms with E-state index in [1.807, 2.05) is 73.7 Å². The van der Waals surface area contributed by atoms with E-state index in [9.17, 15) is 0 Å². The number of hydrogen-bond donors (Lipinski definition) is 0. The highest BCUT2D eigenvalue weighted by molar-refractivity contribution is 6.30. The Balaban J connectivity index is 1.60. The van der Waals surface area contributed by atoms with Crippen LogP contribution in [0.25, 0.3) is 11.4 Å². The normalized spacial score (nSPS) is 10.8. The van der Waals surface area contributed by atoms with Gasteiger partial charge < -0.3 is 4.74 Å². The molecule has 4 rings (SSSR count). The van der Waals surface area contributed by atoms with Crippen molar-refractivity contribution in [3.8, 4) is 17.1 Å². The van der Waals surface area contributed by atoms with E-state index in [1.54, 1.807) is 4.68 Å². The molecule has 0 bridgehead atoms. The van der Waals surface area contributed by atoms with Crippen LogP contribution in [0.2, 0.25) is 5.02 Å². The summed E-state index contributed by atoms with van der Waals surface area (Å²) in [5.41, 5.74) is 4.15. The van der Waals surface area contributed by atoms with Crippen molar-refractivity contribution in [2.24, 2.45) is 0 Å². The first-order valence-electron chi connectivity index (χ1n) is 8.97. The van der Waals surface area contributed by atoms with Gasteiger partial charge in [-0.25, -0.2) is 4.68 Å². The zero-order valence-electron chi connectivity index (χ0n) is 15.4. The van der Waals surface area contributed by atoms with Gasteiger partial charge in [0.2, 0.25) is 0 Å². The molecular formula is C22H19ClN4O. The van der Waals surface area contributed by atoms with Crippen molar-refractivity contribution in [3.63, 3.8) is 0 Å². The molecule has 0 unspecified atom stereocenters. The molecule has 6 heteroatoms. The van der Waals surface area contributed by atoms with Crippen LogP contribution in [-0.2, 0) is 13.2 Å². The standard InChI is InChI=1S/C22H19ClN4O/c1-16-6-5-9-18(12-16)22-24-25-26-27(22)14-19-13-20(23)10-11-21(19)28-15-17-7-3-2-4-8-17/h2-13H,14-15H2,1H3.